The number of piperidine rings is 1. The molecule has 1 aromatic rings. The van der Waals surface area contributed by atoms with Crippen LogP contribution in [0.4, 0.5) is 23.2 Å². The number of benzene rings is 1. The number of hydrogen-bond donors (Lipinski definition) is 1. The Hall–Kier alpha value is -1.92. The molecule has 1 N–H and O–H groups in total. The highest BCUT2D eigenvalue weighted by Crippen LogP contribution is 2.38. The minimum absolute atomic E-state index is 0.0207. The van der Waals surface area contributed by atoms with Gasteiger partial charge in [-0.3, -0.25) is 4.79 Å². The number of rotatable bonds is 8. The number of carbonyl (C=O) groups is 1. The van der Waals surface area contributed by atoms with Gasteiger partial charge < -0.3 is 14.9 Å². The van der Waals surface area contributed by atoms with E-state index < -0.39 is 39.2 Å². The normalized spacial score (nSPS) is 22.3. The summed E-state index contributed by atoms with van der Waals surface area (Å²) < 4.78 is 77.9. The van der Waals surface area contributed by atoms with E-state index in [1.165, 1.54) is 16.4 Å². The largest absolute Gasteiger partial charge is 0.480 e. The summed E-state index contributed by atoms with van der Waals surface area (Å²) in [6, 6.07) is 4.81. The zero-order valence-electron chi connectivity index (χ0n) is 19.4. The average molecular weight is 522 g/mol. The fraction of sp³-hybridized carbons (Fsp3) is 0.696. The molecule has 1 saturated carbocycles. The molecule has 0 aromatic heterocycles. The van der Waals surface area contributed by atoms with Gasteiger partial charge in [0.25, 0.3) is 0 Å². The van der Waals surface area contributed by atoms with Crippen molar-refractivity contribution in [3.05, 3.63) is 29.6 Å². The molecule has 35 heavy (non-hydrogen) atoms. The monoisotopic (exact) mass is 521 g/mol. The lowest BCUT2D eigenvalue weighted by molar-refractivity contribution is -0.141. The predicted octanol–water partition coefficient (Wildman–Crippen LogP) is 3.24. The Labute approximate surface area is 202 Å². The van der Waals surface area contributed by atoms with Crippen molar-refractivity contribution in [3.63, 3.8) is 0 Å². The molecule has 0 bridgehead atoms. The van der Waals surface area contributed by atoms with Gasteiger partial charge in [0.2, 0.25) is 10.0 Å². The number of sulfonamides is 1. The van der Waals surface area contributed by atoms with Gasteiger partial charge in [0.15, 0.2) is 4.75 Å². The molecule has 1 aliphatic carbocycles. The lowest BCUT2D eigenvalue weighted by Gasteiger charge is -2.43. The summed E-state index contributed by atoms with van der Waals surface area (Å²) in [7, 11) is -4.10. The van der Waals surface area contributed by atoms with Crippen LogP contribution in [0.3, 0.4) is 0 Å². The van der Waals surface area contributed by atoms with Crippen molar-refractivity contribution in [1.82, 2.24) is 9.21 Å². The van der Waals surface area contributed by atoms with E-state index in [-0.39, 0.29) is 57.4 Å². The third-order valence-corrected chi connectivity index (χ3v) is 10.1. The Morgan fingerprint density at radius 2 is 1.69 bits per heavy atom. The fourth-order valence-corrected chi connectivity index (χ4v) is 7.18. The number of anilines is 1. The standard InChI is InChI=1S/C23H31F4N3O4S/c24-20-16-19(4-3-17(20)2-1-7-23(25,26)27)29-12-14-30(15-13-29)35(33,34)22(21(31)32)8-10-28(11-9-22)18-5-6-18/h3-4,16,18H,1-2,5-15H2,(H,31,32). The third-order valence-electron chi connectivity index (χ3n) is 7.44. The molecule has 0 amide bonds. The van der Waals surface area contributed by atoms with Crippen molar-refractivity contribution in [2.24, 2.45) is 0 Å². The van der Waals surface area contributed by atoms with Gasteiger partial charge in [-0.2, -0.15) is 17.5 Å². The molecule has 2 aliphatic heterocycles. The van der Waals surface area contributed by atoms with E-state index in [0.29, 0.717) is 24.8 Å². The molecule has 0 radical (unpaired) electrons. The zero-order valence-corrected chi connectivity index (χ0v) is 20.3. The first kappa shape index (κ1) is 26.2. The van der Waals surface area contributed by atoms with Crippen LogP contribution in [-0.2, 0) is 21.2 Å². The molecule has 0 spiro atoms. The minimum Gasteiger partial charge on any atom is -0.480 e. The van der Waals surface area contributed by atoms with Crippen LogP contribution in [0.15, 0.2) is 18.2 Å². The van der Waals surface area contributed by atoms with E-state index in [4.69, 9.17) is 0 Å². The van der Waals surface area contributed by atoms with Crippen LogP contribution in [-0.4, -0.2) is 84.9 Å². The van der Waals surface area contributed by atoms with Gasteiger partial charge in [0.05, 0.1) is 0 Å². The maximum absolute atomic E-state index is 14.5. The van der Waals surface area contributed by atoms with E-state index >= 15 is 0 Å². The number of aryl methyl sites for hydroxylation is 1. The molecule has 0 atom stereocenters. The fourth-order valence-electron chi connectivity index (χ4n) is 5.12. The van der Waals surface area contributed by atoms with Crippen LogP contribution >= 0.6 is 0 Å². The van der Waals surface area contributed by atoms with Crippen LogP contribution in [0, 0.1) is 5.82 Å². The zero-order chi connectivity index (χ0) is 25.4. The molecule has 3 aliphatic rings. The van der Waals surface area contributed by atoms with Gasteiger partial charge in [-0.05, 0) is 56.2 Å². The second kappa shape index (κ2) is 9.85. The van der Waals surface area contributed by atoms with Crippen LogP contribution in [0.5, 0.6) is 0 Å². The number of hydrogen-bond acceptors (Lipinski definition) is 5. The lowest BCUT2D eigenvalue weighted by atomic mass is 9.95. The smallest absolute Gasteiger partial charge is 0.389 e. The lowest BCUT2D eigenvalue weighted by Crippen LogP contribution is -2.61. The van der Waals surface area contributed by atoms with Crippen molar-refractivity contribution >= 4 is 21.7 Å². The molecule has 0 unspecified atom stereocenters. The molecule has 7 nitrogen and oxygen atoms in total. The molecular formula is C23H31F4N3O4S. The summed E-state index contributed by atoms with van der Waals surface area (Å²) >= 11 is 0. The number of piperazine rings is 1. The Kier molecular flexibility index (Phi) is 7.36. The van der Waals surface area contributed by atoms with Crippen molar-refractivity contribution in [2.45, 2.75) is 61.9 Å². The summed E-state index contributed by atoms with van der Waals surface area (Å²) in [6.07, 6.45) is -3.20. The molecule has 2 heterocycles. The van der Waals surface area contributed by atoms with Crippen molar-refractivity contribution < 1.29 is 35.9 Å². The van der Waals surface area contributed by atoms with E-state index in [1.54, 1.807) is 11.0 Å². The van der Waals surface area contributed by atoms with Crippen molar-refractivity contribution in [3.8, 4) is 0 Å². The van der Waals surface area contributed by atoms with Crippen molar-refractivity contribution in [2.75, 3.05) is 44.2 Å². The van der Waals surface area contributed by atoms with Crippen LogP contribution in [0.2, 0.25) is 0 Å². The van der Waals surface area contributed by atoms with Gasteiger partial charge in [-0.25, -0.2) is 12.8 Å². The number of nitrogens with zero attached hydrogens (tertiary/aromatic N) is 3. The second-order valence-electron chi connectivity index (χ2n) is 9.70. The maximum Gasteiger partial charge on any atom is 0.389 e. The molecule has 1 aromatic carbocycles. The summed E-state index contributed by atoms with van der Waals surface area (Å²) in [5.74, 6) is -1.90. The Morgan fingerprint density at radius 1 is 1.06 bits per heavy atom. The molecule has 2 saturated heterocycles. The summed E-state index contributed by atoms with van der Waals surface area (Å²) in [5, 5.41) is 9.95. The van der Waals surface area contributed by atoms with Crippen LogP contribution < -0.4 is 4.90 Å². The first-order chi connectivity index (χ1) is 16.4. The first-order valence-electron chi connectivity index (χ1n) is 12.0. The van der Waals surface area contributed by atoms with Gasteiger partial charge in [0.1, 0.15) is 5.82 Å². The SMILES string of the molecule is O=C(O)C1(S(=O)(=O)N2CCN(c3ccc(CCCC(F)(F)F)c(F)c3)CC2)CCN(C2CC2)CC1. The number of likely N-dealkylation sites (tertiary alicyclic amines) is 1. The Morgan fingerprint density at radius 3 is 2.20 bits per heavy atom. The summed E-state index contributed by atoms with van der Waals surface area (Å²) in [6.45, 7) is 1.58. The number of halogens is 4. The van der Waals surface area contributed by atoms with Gasteiger partial charge in [-0.1, -0.05) is 6.07 Å². The number of alkyl halides is 3. The molecule has 3 fully saturated rings. The Bertz CT molecular complexity index is 1030. The second-order valence-corrected chi connectivity index (χ2v) is 12.0. The minimum atomic E-state index is -4.27. The highest BCUT2D eigenvalue weighted by Gasteiger charge is 2.56. The van der Waals surface area contributed by atoms with Crippen LogP contribution in [0.25, 0.3) is 0 Å². The topological polar surface area (TPSA) is 81.2 Å². The molecule has 12 heteroatoms. The number of carboxylic acid groups (broad SMARTS) is 1. The molecule has 196 valence electrons. The predicted molar refractivity (Wildman–Crippen MR) is 122 cm³/mol. The highest BCUT2D eigenvalue weighted by molar-refractivity contribution is 7.91. The van der Waals surface area contributed by atoms with E-state index in [2.05, 4.69) is 4.90 Å². The summed E-state index contributed by atoms with van der Waals surface area (Å²) in [5.41, 5.74) is 0.727. The maximum atomic E-state index is 14.5. The summed E-state index contributed by atoms with van der Waals surface area (Å²) in [4.78, 5) is 16.2. The highest BCUT2D eigenvalue weighted by atomic mass is 32.2. The molecule has 4 rings (SSSR count). The van der Waals surface area contributed by atoms with E-state index in [1.807, 2.05) is 0 Å². The van der Waals surface area contributed by atoms with E-state index in [9.17, 15) is 35.9 Å². The van der Waals surface area contributed by atoms with Gasteiger partial charge in [-0.15, -0.1) is 0 Å². The first-order valence-corrected chi connectivity index (χ1v) is 13.4. The average Bonchev–Trinajstić information content (AvgIpc) is 3.65. The Balaban J connectivity index is 1.37. The third kappa shape index (κ3) is 5.59. The van der Waals surface area contributed by atoms with Gasteiger partial charge >= 0.3 is 12.1 Å². The van der Waals surface area contributed by atoms with Crippen molar-refractivity contribution in [1.29, 1.82) is 0 Å². The molecular weight excluding hydrogens is 490 g/mol. The number of aliphatic carboxylic acids is 1. The number of carboxylic acids is 1. The van der Waals surface area contributed by atoms with Gasteiger partial charge in [0, 0.05) is 57.4 Å². The quantitative estimate of drug-likeness (QED) is 0.529. The van der Waals surface area contributed by atoms with Crippen LogP contribution in [0.1, 0.15) is 44.1 Å². The van der Waals surface area contributed by atoms with E-state index in [0.717, 1.165) is 12.8 Å².